The summed E-state index contributed by atoms with van der Waals surface area (Å²) in [5.41, 5.74) is 0. The summed E-state index contributed by atoms with van der Waals surface area (Å²) in [7, 11) is -4.85. The molecule has 5 heteroatoms. The standard InChI is InChI=1S/C27H56N2OSi2/c1-22(2,3)31(23(4,5)6,24(7,8)9)29(21-19-30-20-28-21)32(25(10,11)12,26(13,14)15)27(16,17)18/h19-20H,1-18H3. The van der Waals surface area contributed by atoms with E-state index >= 15 is 0 Å². The van der Waals surface area contributed by atoms with E-state index in [1.807, 2.05) is 6.26 Å². The molecule has 0 fully saturated rings. The van der Waals surface area contributed by atoms with Crippen molar-refractivity contribution in [2.45, 2.75) is 155 Å². The van der Waals surface area contributed by atoms with Crippen LogP contribution in [0.3, 0.4) is 0 Å². The van der Waals surface area contributed by atoms with Gasteiger partial charge in [0.2, 0.25) is 0 Å². The van der Waals surface area contributed by atoms with E-state index in [0.717, 1.165) is 5.82 Å². The van der Waals surface area contributed by atoms with Crippen LogP contribution in [0.2, 0.25) is 30.2 Å². The molecule has 0 saturated carbocycles. The van der Waals surface area contributed by atoms with Crippen LogP contribution in [-0.4, -0.2) is 21.5 Å². The zero-order chi connectivity index (χ0) is 26.0. The lowest BCUT2D eigenvalue weighted by Crippen LogP contribution is -2.83. The van der Waals surface area contributed by atoms with Crippen molar-refractivity contribution >= 4 is 22.3 Å². The third-order valence-corrected chi connectivity index (χ3v) is 24.7. The molecular formula is C27H56N2OSi2. The summed E-state index contributed by atoms with van der Waals surface area (Å²) in [6, 6.07) is 0. The molecule has 0 aliphatic heterocycles. The monoisotopic (exact) mass is 480 g/mol. The van der Waals surface area contributed by atoms with Gasteiger partial charge in [-0.3, -0.25) is 0 Å². The van der Waals surface area contributed by atoms with E-state index in [0.29, 0.717) is 0 Å². The van der Waals surface area contributed by atoms with Crippen LogP contribution in [0.5, 0.6) is 0 Å². The molecule has 1 heterocycles. The van der Waals surface area contributed by atoms with Crippen molar-refractivity contribution in [3.05, 3.63) is 12.7 Å². The van der Waals surface area contributed by atoms with Gasteiger partial charge in [-0.05, 0) is 30.2 Å². The molecule has 1 rings (SSSR count). The molecule has 0 atom stereocenters. The molecule has 0 amide bonds. The maximum Gasteiger partial charge on any atom is 0.182 e. The van der Waals surface area contributed by atoms with Crippen molar-refractivity contribution in [1.82, 2.24) is 4.98 Å². The summed E-state index contributed by atoms with van der Waals surface area (Å²) in [6.07, 6.45) is 3.58. The first-order valence-electron chi connectivity index (χ1n) is 12.4. The average Bonchev–Trinajstić information content (AvgIpc) is 2.90. The fourth-order valence-electron chi connectivity index (χ4n) is 9.67. The first kappa shape index (κ1) is 29.5. The fourth-order valence-corrected chi connectivity index (χ4v) is 36.2. The van der Waals surface area contributed by atoms with Gasteiger partial charge in [-0.15, -0.1) is 0 Å². The molecule has 3 nitrogen and oxygen atoms in total. The maximum atomic E-state index is 5.75. The lowest BCUT2D eigenvalue weighted by atomic mass is 10.2. The molecule has 0 saturated heterocycles. The van der Waals surface area contributed by atoms with E-state index in [1.165, 1.54) is 0 Å². The Morgan fingerprint density at radius 1 is 0.531 bits per heavy atom. The summed E-state index contributed by atoms with van der Waals surface area (Å²) < 4.78 is 8.78. The van der Waals surface area contributed by atoms with Crippen molar-refractivity contribution < 1.29 is 4.42 Å². The van der Waals surface area contributed by atoms with Gasteiger partial charge < -0.3 is 8.65 Å². The van der Waals surface area contributed by atoms with Crippen LogP contribution in [0.25, 0.3) is 0 Å². The molecule has 1 aromatic rings. The Balaban J connectivity index is 4.65. The molecule has 0 aromatic carbocycles. The molecule has 0 aliphatic rings. The van der Waals surface area contributed by atoms with E-state index in [4.69, 9.17) is 9.40 Å². The third-order valence-electron chi connectivity index (χ3n) is 7.83. The van der Waals surface area contributed by atoms with Gasteiger partial charge in [0.05, 0.1) is 0 Å². The highest BCUT2D eigenvalue weighted by atomic mass is 28.4. The van der Waals surface area contributed by atoms with Crippen molar-refractivity contribution in [2.75, 3.05) is 4.23 Å². The van der Waals surface area contributed by atoms with Crippen molar-refractivity contribution in [3.63, 3.8) is 0 Å². The number of hydrogen-bond donors (Lipinski definition) is 0. The highest BCUT2D eigenvalue weighted by molar-refractivity contribution is 7.08. The summed E-state index contributed by atoms with van der Waals surface area (Å²) in [4.78, 5) is 4.96. The lowest BCUT2D eigenvalue weighted by molar-refractivity contribution is 0.496. The van der Waals surface area contributed by atoms with Gasteiger partial charge in [0.1, 0.15) is 6.26 Å². The topological polar surface area (TPSA) is 29.3 Å². The minimum absolute atomic E-state index is 0.0997. The van der Waals surface area contributed by atoms with Crippen LogP contribution in [0.15, 0.2) is 17.1 Å². The fraction of sp³-hybridized carbons (Fsp3) is 0.889. The van der Waals surface area contributed by atoms with Crippen LogP contribution in [0, 0.1) is 0 Å². The minimum Gasteiger partial charge on any atom is -0.450 e. The number of oxazole rings is 1. The van der Waals surface area contributed by atoms with Gasteiger partial charge in [-0.2, -0.15) is 0 Å². The molecule has 0 aliphatic carbocycles. The normalized spacial score (nSPS) is 15.8. The van der Waals surface area contributed by atoms with Gasteiger partial charge in [-0.25, -0.2) is 4.98 Å². The van der Waals surface area contributed by atoms with Gasteiger partial charge in [0.15, 0.2) is 28.7 Å². The van der Waals surface area contributed by atoms with Crippen molar-refractivity contribution in [2.24, 2.45) is 0 Å². The second kappa shape index (κ2) is 8.00. The van der Waals surface area contributed by atoms with Crippen LogP contribution < -0.4 is 4.23 Å². The maximum absolute atomic E-state index is 5.75. The lowest BCUT2D eigenvalue weighted by Gasteiger charge is -2.74. The first-order chi connectivity index (χ1) is 13.7. The Labute approximate surface area is 203 Å². The Bertz CT molecular complexity index is 633. The van der Waals surface area contributed by atoms with Crippen LogP contribution >= 0.6 is 0 Å². The molecule has 0 unspecified atom stereocenters. The smallest absolute Gasteiger partial charge is 0.182 e. The molecular weight excluding hydrogens is 424 g/mol. The number of anilines is 1. The number of hydrogen-bond acceptors (Lipinski definition) is 3. The van der Waals surface area contributed by atoms with E-state index in [1.54, 1.807) is 6.39 Å². The Morgan fingerprint density at radius 2 is 0.781 bits per heavy atom. The number of aromatic nitrogens is 1. The third kappa shape index (κ3) is 4.08. The van der Waals surface area contributed by atoms with Gasteiger partial charge in [0, 0.05) is 0 Å². The zero-order valence-electron chi connectivity index (χ0n) is 25.0. The van der Waals surface area contributed by atoms with Crippen LogP contribution in [0.1, 0.15) is 125 Å². The Kier molecular flexibility index (Phi) is 7.37. The molecule has 0 bridgehead atoms. The van der Waals surface area contributed by atoms with Crippen molar-refractivity contribution in [1.29, 1.82) is 0 Å². The minimum atomic E-state index is -2.43. The Hall–Kier alpha value is -0.556. The average molecular weight is 481 g/mol. The largest absolute Gasteiger partial charge is 0.450 e. The summed E-state index contributed by atoms with van der Waals surface area (Å²) >= 11 is 0. The number of rotatable bonds is 3. The molecule has 32 heavy (non-hydrogen) atoms. The second-order valence-electron chi connectivity index (χ2n) is 16.1. The predicted molar refractivity (Wildman–Crippen MR) is 149 cm³/mol. The molecule has 0 radical (unpaired) electrons. The highest BCUT2D eigenvalue weighted by Crippen LogP contribution is 2.72. The Morgan fingerprint density at radius 3 is 0.938 bits per heavy atom. The van der Waals surface area contributed by atoms with Crippen LogP contribution in [-0.2, 0) is 0 Å². The predicted octanol–water partition coefficient (Wildman–Crippen LogP) is 10.2. The van der Waals surface area contributed by atoms with E-state index in [2.05, 4.69) is 129 Å². The zero-order valence-corrected chi connectivity index (χ0v) is 27.0. The SMILES string of the molecule is CC(C)(C)[Si](N(c1cocn1)[Si](C(C)(C)C)(C(C)(C)C)C(C)(C)C)(C(C)(C)C)C(C)(C)C. The van der Waals surface area contributed by atoms with Crippen molar-refractivity contribution in [3.8, 4) is 0 Å². The first-order valence-corrected chi connectivity index (χ1v) is 16.3. The van der Waals surface area contributed by atoms with E-state index < -0.39 is 16.5 Å². The second-order valence-corrected chi connectivity index (χ2v) is 29.3. The molecule has 188 valence electrons. The van der Waals surface area contributed by atoms with Gasteiger partial charge in [0.25, 0.3) is 0 Å². The molecule has 0 spiro atoms. The van der Waals surface area contributed by atoms with E-state index in [-0.39, 0.29) is 30.2 Å². The summed E-state index contributed by atoms with van der Waals surface area (Å²) in [6.45, 7) is 44.9. The van der Waals surface area contributed by atoms with Gasteiger partial charge in [-0.1, -0.05) is 125 Å². The van der Waals surface area contributed by atoms with E-state index in [9.17, 15) is 0 Å². The summed E-state index contributed by atoms with van der Waals surface area (Å²) in [5.74, 6) is 1.06. The molecule has 1 aromatic heterocycles. The summed E-state index contributed by atoms with van der Waals surface area (Å²) in [5, 5.41) is 0.598. The number of nitrogens with zero attached hydrogens (tertiary/aromatic N) is 2. The quantitative estimate of drug-likeness (QED) is 0.403. The van der Waals surface area contributed by atoms with Crippen LogP contribution in [0.4, 0.5) is 5.82 Å². The molecule has 0 N–H and O–H groups in total. The van der Waals surface area contributed by atoms with Gasteiger partial charge >= 0.3 is 0 Å². The highest BCUT2D eigenvalue weighted by Gasteiger charge is 2.74.